The van der Waals surface area contributed by atoms with E-state index in [1.54, 1.807) is 0 Å². The van der Waals surface area contributed by atoms with E-state index in [4.69, 9.17) is 16.7 Å². The first-order chi connectivity index (χ1) is 9.45. The molecule has 1 aromatic rings. The van der Waals surface area contributed by atoms with Gasteiger partial charge in [-0.3, -0.25) is 0 Å². The lowest BCUT2D eigenvalue weighted by atomic mass is 10.1. The molecule has 0 bridgehead atoms. The van der Waals surface area contributed by atoms with Crippen LogP contribution in [-0.4, -0.2) is 23.1 Å². The van der Waals surface area contributed by atoms with Gasteiger partial charge in [-0.05, 0) is 37.0 Å². The average molecular weight is 297 g/mol. The molecule has 0 radical (unpaired) electrons. The molecule has 6 heteroatoms. The molecule has 0 saturated heterocycles. The molecule has 1 aromatic carbocycles. The van der Waals surface area contributed by atoms with Crippen molar-refractivity contribution in [1.82, 2.24) is 5.32 Å². The van der Waals surface area contributed by atoms with Crippen molar-refractivity contribution in [2.45, 2.75) is 32.2 Å². The van der Waals surface area contributed by atoms with Gasteiger partial charge in [0.15, 0.2) is 0 Å². The van der Waals surface area contributed by atoms with Crippen LogP contribution in [0.1, 0.15) is 36.5 Å². The van der Waals surface area contributed by atoms with Crippen molar-refractivity contribution in [1.29, 1.82) is 0 Å². The SMILES string of the molecule is CC1CCCC1NC(=O)Nc1cc(Cl)cc(C(=O)O)c1. The molecule has 1 fully saturated rings. The van der Waals surface area contributed by atoms with Gasteiger partial charge in [-0.25, -0.2) is 9.59 Å². The van der Waals surface area contributed by atoms with Gasteiger partial charge in [0, 0.05) is 16.8 Å². The van der Waals surface area contributed by atoms with Crippen molar-refractivity contribution in [2.75, 3.05) is 5.32 Å². The third kappa shape index (κ3) is 3.63. The van der Waals surface area contributed by atoms with Crippen LogP contribution in [0.15, 0.2) is 18.2 Å². The van der Waals surface area contributed by atoms with Crippen LogP contribution < -0.4 is 10.6 Å². The largest absolute Gasteiger partial charge is 0.478 e. The molecule has 20 heavy (non-hydrogen) atoms. The van der Waals surface area contributed by atoms with E-state index in [-0.39, 0.29) is 22.7 Å². The molecule has 2 unspecified atom stereocenters. The van der Waals surface area contributed by atoms with E-state index in [0.717, 1.165) is 19.3 Å². The molecule has 0 spiro atoms. The highest BCUT2D eigenvalue weighted by molar-refractivity contribution is 6.31. The van der Waals surface area contributed by atoms with Crippen molar-refractivity contribution in [3.63, 3.8) is 0 Å². The molecule has 1 aliphatic rings. The summed E-state index contributed by atoms with van der Waals surface area (Å²) < 4.78 is 0. The summed E-state index contributed by atoms with van der Waals surface area (Å²) in [6.07, 6.45) is 3.21. The number of benzene rings is 1. The van der Waals surface area contributed by atoms with E-state index in [0.29, 0.717) is 11.6 Å². The molecule has 2 atom stereocenters. The van der Waals surface area contributed by atoms with E-state index in [9.17, 15) is 9.59 Å². The smallest absolute Gasteiger partial charge is 0.335 e. The van der Waals surface area contributed by atoms with Crippen LogP contribution in [-0.2, 0) is 0 Å². The van der Waals surface area contributed by atoms with Crippen LogP contribution in [0.25, 0.3) is 0 Å². The summed E-state index contributed by atoms with van der Waals surface area (Å²) in [7, 11) is 0. The lowest BCUT2D eigenvalue weighted by Gasteiger charge is -2.17. The number of hydrogen-bond donors (Lipinski definition) is 3. The Morgan fingerprint density at radius 3 is 2.65 bits per heavy atom. The monoisotopic (exact) mass is 296 g/mol. The number of carbonyl (C=O) groups is 2. The summed E-state index contributed by atoms with van der Waals surface area (Å²) in [6.45, 7) is 2.11. The first kappa shape index (κ1) is 14.7. The average Bonchev–Trinajstić information content (AvgIpc) is 2.74. The minimum Gasteiger partial charge on any atom is -0.478 e. The van der Waals surface area contributed by atoms with E-state index >= 15 is 0 Å². The highest BCUT2D eigenvalue weighted by Gasteiger charge is 2.24. The van der Waals surface area contributed by atoms with Gasteiger partial charge in [0.2, 0.25) is 0 Å². The van der Waals surface area contributed by atoms with E-state index in [1.165, 1.54) is 18.2 Å². The Bertz CT molecular complexity index is 533. The molecule has 2 amide bonds. The Balaban J connectivity index is 2.02. The van der Waals surface area contributed by atoms with Gasteiger partial charge in [0.05, 0.1) is 5.56 Å². The van der Waals surface area contributed by atoms with Gasteiger partial charge in [0.25, 0.3) is 0 Å². The third-order valence-corrected chi connectivity index (χ3v) is 3.80. The molecular weight excluding hydrogens is 280 g/mol. The number of aromatic carboxylic acids is 1. The van der Waals surface area contributed by atoms with Crippen LogP contribution in [0.5, 0.6) is 0 Å². The Kier molecular flexibility index (Phi) is 4.49. The second-order valence-electron chi connectivity index (χ2n) is 5.15. The fourth-order valence-electron chi connectivity index (χ4n) is 2.48. The van der Waals surface area contributed by atoms with Crippen LogP contribution in [0, 0.1) is 5.92 Å². The Morgan fingerprint density at radius 1 is 1.30 bits per heavy atom. The van der Waals surface area contributed by atoms with Gasteiger partial charge in [-0.1, -0.05) is 24.9 Å². The van der Waals surface area contributed by atoms with Crippen molar-refractivity contribution in [3.8, 4) is 0 Å². The second-order valence-corrected chi connectivity index (χ2v) is 5.58. The highest BCUT2D eigenvalue weighted by Crippen LogP contribution is 2.25. The molecule has 1 saturated carbocycles. The lowest BCUT2D eigenvalue weighted by Crippen LogP contribution is -2.39. The van der Waals surface area contributed by atoms with Crippen LogP contribution in [0.2, 0.25) is 5.02 Å². The normalized spacial score (nSPS) is 21.5. The predicted octanol–water partition coefficient (Wildman–Crippen LogP) is 3.35. The number of hydrogen-bond acceptors (Lipinski definition) is 2. The Morgan fingerprint density at radius 2 is 2.05 bits per heavy atom. The van der Waals surface area contributed by atoms with Gasteiger partial charge in [0.1, 0.15) is 0 Å². The van der Waals surface area contributed by atoms with Gasteiger partial charge in [-0.15, -0.1) is 0 Å². The molecule has 0 aromatic heterocycles. The Labute approximate surface area is 122 Å². The number of amides is 2. The number of anilines is 1. The molecule has 2 rings (SSSR count). The van der Waals surface area contributed by atoms with Crippen molar-refractivity contribution >= 4 is 29.3 Å². The zero-order valence-electron chi connectivity index (χ0n) is 11.1. The summed E-state index contributed by atoms with van der Waals surface area (Å²) >= 11 is 5.84. The highest BCUT2D eigenvalue weighted by atomic mass is 35.5. The summed E-state index contributed by atoms with van der Waals surface area (Å²) in [4.78, 5) is 22.8. The zero-order chi connectivity index (χ0) is 14.7. The van der Waals surface area contributed by atoms with Crippen molar-refractivity contribution in [2.24, 2.45) is 5.92 Å². The molecular formula is C14H17ClN2O3. The maximum absolute atomic E-state index is 11.9. The maximum atomic E-state index is 11.9. The number of rotatable bonds is 3. The van der Waals surface area contributed by atoms with Gasteiger partial charge in [-0.2, -0.15) is 0 Å². The van der Waals surface area contributed by atoms with Crippen LogP contribution in [0.3, 0.4) is 0 Å². The quantitative estimate of drug-likeness (QED) is 0.800. The molecule has 0 heterocycles. The second kappa shape index (κ2) is 6.13. The topological polar surface area (TPSA) is 78.4 Å². The van der Waals surface area contributed by atoms with E-state index in [1.807, 2.05) is 0 Å². The molecule has 0 aliphatic heterocycles. The summed E-state index contributed by atoms with van der Waals surface area (Å²) in [6, 6.07) is 4.08. The van der Waals surface area contributed by atoms with Gasteiger partial charge >= 0.3 is 12.0 Å². The Hall–Kier alpha value is -1.75. The maximum Gasteiger partial charge on any atom is 0.335 e. The number of nitrogens with one attached hydrogen (secondary N) is 2. The third-order valence-electron chi connectivity index (χ3n) is 3.58. The first-order valence-corrected chi connectivity index (χ1v) is 6.95. The summed E-state index contributed by atoms with van der Waals surface area (Å²) in [5.74, 6) is -0.616. The molecule has 1 aliphatic carbocycles. The van der Waals surface area contributed by atoms with E-state index in [2.05, 4.69) is 17.6 Å². The van der Waals surface area contributed by atoms with Crippen LogP contribution in [0.4, 0.5) is 10.5 Å². The van der Waals surface area contributed by atoms with E-state index < -0.39 is 5.97 Å². The number of carboxylic acids is 1. The lowest BCUT2D eigenvalue weighted by molar-refractivity contribution is 0.0697. The minimum atomic E-state index is -1.08. The number of carbonyl (C=O) groups excluding carboxylic acids is 1. The zero-order valence-corrected chi connectivity index (χ0v) is 11.9. The van der Waals surface area contributed by atoms with Crippen molar-refractivity contribution < 1.29 is 14.7 Å². The number of carboxylic acid groups (broad SMARTS) is 1. The van der Waals surface area contributed by atoms with Crippen LogP contribution >= 0.6 is 11.6 Å². The molecule has 108 valence electrons. The molecule has 3 N–H and O–H groups in total. The number of halogens is 1. The fraction of sp³-hybridized carbons (Fsp3) is 0.429. The standard InChI is InChI=1S/C14H17ClN2O3/c1-8-3-2-4-12(8)17-14(20)16-11-6-9(13(18)19)5-10(15)7-11/h5-8,12H,2-4H2,1H3,(H,18,19)(H2,16,17,20). The predicted molar refractivity (Wildman–Crippen MR) is 77.4 cm³/mol. The summed E-state index contributed by atoms with van der Waals surface area (Å²) in [5, 5.41) is 14.8. The number of urea groups is 1. The minimum absolute atomic E-state index is 0.0436. The fourth-order valence-corrected chi connectivity index (χ4v) is 2.72. The van der Waals surface area contributed by atoms with Gasteiger partial charge < -0.3 is 15.7 Å². The van der Waals surface area contributed by atoms with Crippen molar-refractivity contribution in [3.05, 3.63) is 28.8 Å². The first-order valence-electron chi connectivity index (χ1n) is 6.57. The summed E-state index contributed by atoms with van der Waals surface area (Å²) in [5.41, 5.74) is 0.417. The molecule has 5 nitrogen and oxygen atoms in total.